The highest BCUT2D eigenvalue weighted by Crippen LogP contribution is 2.41. The Hall–Kier alpha value is -1.14. The standard InChI is InChI=1S/C25H45NO5/c1-24(2)18-21(19-25(3,4)26(24)31-20-14-10-9-11-15-20)30-23(29)17-13-8-6-5-7-12-16-22(27)28/h20-21H,5-19H2,1-4H3,(H,27,28). The summed E-state index contributed by atoms with van der Waals surface area (Å²) in [6.45, 7) is 8.79. The van der Waals surface area contributed by atoms with E-state index in [-0.39, 0.29) is 29.6 Å². The van der Waals surface area contributed by atoms with Crippen LogP contribution in [0, 0.1) is 0 Å². The summed E-state index contributed by atoms with van der Waals surface area (Å²) in [5.41, 5.74) is -0.361. The van der Waals surface area contributed by atoms with Crippen molar-refractivity contribution < 1.29 is 24.3 Å². The van der Waals surface area contributed by atoms with Crippen LogP contribution >= 0.6 is 0 Å². The van der Waals surface area contributed by atoms with Gasteiger partial charge in [0.15, 0.2) is 0 Å². The molecule has 0 unspecified atom stereocenters. The largest absolute Gasteiger partial charge is 0.481 e. The summed E-state index contributed by atoms with van der Waals surface area (Å²) in [4.78, 5) is 29.4. The molecular formula is C25H45NO5. The lowest BCUT2D eigenvalue weighted by Crippen LogP contribution is -2.63. The Labute approximate surface area is 189 Å². The number of hydrogen-bond acceptors (Lipinski definition) is 5. The molecule has 2 rings (SSSR count). The van der Waals surface area contributed by atoms with Crippen LogP contribution in [0.15, 0.2) is 0 Å². The van der Waals surface area contributed by atoms with Gasteiger partial charge in [0.05, 0.1) is 6.10 Å². The summed E-state index contributed by atoms with van der Waals surface area (Å²) in [5.74, 6) is -0.815. The Morgan fingerprint density at radius 3 is 1.87 bits per heavy atom. The smallest absolute Gasteiger partial charge is 0.306 e. The van der Waals surface area contributed by atoms with Crippen LogP contribution in [0.4, 0.5) is 0 Å². The molecule has 6 nitrogen and oxygen atoms in total. The summed E-state index contributed by atoms with van der Waals surface area (Å²) in [6, 6.07) is 0. The van der Waals surface area contributed by atoms with Crippen LogP contribution in [0.3, 0.4) is 0 Å². The number of aliphatic carboxylic acids is 1. The molecule has 0 aromatic heterocycles. The highest BCUT2D eigenvalue weighted by atomic mass is 16.7. The fraction of sp³-hybridized carbons (Fsp3) is 0.920. The van der Waals surface area contributed by atoms with E-state index in [1.807, 2.05) is 0 Å². The Morgan fingerprint density at radius 2 is 1.32 bits per heavy atom. The topological polar surface area (TPSA) is 76.1 Å². The number of esters is 1. The Kier molecular flexibility index (Phi) is 10.3. The van der Waals surface area contributed by atoms with E-state index in [9.17, 15) is 9.59 Å². The Bertz CT molecular complexity index is 550. The normalized spacial score (nSPS) is 22.3. The monoisotopic (exact) mass is 439 g/mol. The highest BCUT2D eigenvalue weighted by molar-refractivity contribution is 5.69. The third-order valence-corrected chi connectivity index (χ3v) is 6.68. The lowest BCUT2D eigenvalue weighted by atomic mass is 9.80. The van der Waals surface area contributed by atoms with Crippen LogP contribution in [0.1, 0.15) is 124 Å². The van der Waals surface area contributed by atoms with Crippen molar-refractivity contribution in [2.75, 3.05) is 0 Å². The molecule has 2 fully saturated rings. The van der Waals surface area contributed by atoms with E-state index in [4.69, 9.17) is 14.7 Å². The molecule has 0 atom stereocenters. The number of carboxylic acids is 1. The SMILES string of the molecule is CC1(C)CC(OC(=O)CCCCCCCCC(=O)O)CC(C)(C)N1OC1CCCCC1. The van der Waals surface area contributed by atoms with Gasteiger partial charge < -0.3 is 9.84 Å². The van der Waals surface area contributed by atoms with Gasteiger partial charge in [0, 0.05) is 36.8 Å². The molecule has 0 bridgehead atoms. The van der Waals surface area contributed by atoms with E-state index >= 15 is 0 Å². The minimum atomic E-state index is -0.722. The molecule has 0 radical (unpaired) electrons. The zero-order valence-electron chi connectivity index (χ0n) is 20.3. The second kappa shape index (κ2) is 12.2. The second-order valence-electron chi connectivity index (χ2n) is 10.8. The van der Waals surface area contributed by atoms with Gasteiger partial charge in [0.25, 0.3) is 0 Å². The van der Waals surface area contributed by atoms with E-state index in [1.165, 1.54) is 19.3 Å². The van der Waals surface area contributed by atoms with E-state index in [0.717, 1.165) is 64.2 Å². The molecule has 2 aliphatic rings. The lowest BCUT2D eigenvalue weighted by molar-refractivity contribution is -0.318. The first kappa shape index (κ1) is 26.1. The fourth-order valence-electron chi connectivity index (χ4n) is 5.36. The third-order valence-electron chi connectivity index (χ3n) is 6.68. The first-order valence-corrected chi connectivity index (χ1v) is 12.5. The van der Waals surface area contributed by atoms with Gasteiger partial charge in [-0.1, -0.05) is 44.9 Å². The zero-order chi connectivity index (χ0) is 22.9. The minimum absolute atomic E-state index is 0.0697. The number of ether oxygens (including phenoxy) is 1. The molecule has 6 heteroatoms. The van der Waals surface area contributed by atoms with Crippen LogP contribution < -0.4 is 0 Å². The van der Waals surface area contributed by atoms with Gasteiger partial charge in [-0.3, -0.25) is 14.4 Å². The van der Waals surface area contributed by atoms with Crippen LogP contribution in [-0.2, 0) is 19.2 Å². The third kappa shape index (κ3) is 9.09. The lowest BCUT2D eigenvalue weighted by Gasteiger charge is -2.54. The van der Waals surface area contributed by atoms with Crippen LogP contribution in [0.5, 0.6) is 0 Å². The summed E-state index contributed by atoms with van der Waals surface area (Å²) in [5, 5.41) is 10.8. The van der Waals surface area contributed by atoms with Crippen molar-refractivity contribution >= 4 is 11.9 Å². The number of carbonyl (C=O) groups is 2. The number of piperidine rings is 1. The van der Waals surface area contributed by atoms with Gasteiger partial charge in [-0.25, -0.2) is 0 Å². The predicted molar refractivity (Wildman–Crippen MR) is 122 cm³/mol. The Morgan fingerprint density at radius 1 is 0.806 bits per heavy atom. The number of nitrogens with zero attached hydrogens (tertiary/aromatic N) is 1. The molecule has 1 saturated carbocycles. The fourth-order valence-corrected chi connectivity index (χ4v) is 5.36. The number of hydrogen-bond donors (Lipinski definition) is 1. The first-order chi connectivity index (χ1) is 14.6. The number of rotatable bonds is 12. The molecule has 31 heavy (non-hydrogen) atoms. The minimum Gasteiger partial charge on any atom is -0.481 e. The van der Waals surface area contributed by atoms with Crippen molar-refractivity contribution in [3.05, 3.63) is 0 Å². The van der Waals surface area contributed by atoms with Gasteiger partial charge in [0.1, 0.15) is 6.10 Å². The molecule has 1 N–H and O–H groups in total. The number of unbranched alkanes of at least 4 members (excludes halogenated alkanes) is 5. The molecule has 1 aliphatic heterocycles. The maximum absolute atomic E-state index is 12.4. The van der Waals surface area contributed by atoms with Crippen LogP contribution in [-0.4, -0.2) is 45.4 Å². The quantitative estimate of drug-likeness (QED) is 0.296. The van der Waals surface area contributed by atoms with E-state index < -0.39 is 5.97 Å². The maximum Gasteiger partial charge on any atom is 0.306 e. The molecular weight excluding hydrogens is 394 g/mol. The van der Waals surface area contributed by atoms with Crippen LogP contribution in [0.2, 0.25) is 0 Å². The van der Waals surface area contributed by atoms with Crippen molar-refractivity contribution in [3.8, 4) is 0 Å². The number of carbonyl (C=O) groups excluding carboxylic acids is 1. The van der Waals surface area contributed by atoms with Crippen molar-refractivity contribution in [1.82, 2.24) is 5.06 Å². The van der Waals surface area contributed by atoms with E-state index in [2.05, 4.69) is 32.8 Å². The Balaban J connectivity index is 1.70. The van der Waals surface area contributed by atoms with Gasteiger partial charge >= 0.3 is 11.9 Å². The van der Waals surface area contributed by atoms with Crippen molar-refractivity contribution in [2.24, 2.45) is 0 Å². The summed E-state index contributed by atoms with van der Waals surface area (Å²) >= 11 is 0. The molecule has 1 heterocycles. The molecule has 0 aromatic carbocycles. The van der Waals surface area contributed by atoms with Gasteiger partial charge in [-0.15, -0.1) is 0 Å². The average Bonchev–Trinajstić information content (AvgIpc) is 2.67. The van der Waals surface area contributed by atoms with Gasteiger partial charge in [-0.2, -0.15) is 5.06 Å². The van der Waals surface area contributed by atoms with Gasteiger partial charge in [-0.05, 0) is 53.4 Å². The van der Waals surface area contributed by atoms with E-state index in [1.54, 1.807) is 0 Å². The molecule has 0 aromatic rings. The van der Waals surface area contributed by atoms with Crippen molar-refractivity contribution in [3.63, 3.8) is 0 Å². The molecule has 0 spiro atoms. The highest BCUT2D eigenvalue weighted by Gasteiger charge is 2.48. The van der Waals surface area contributed by atoms with Gasteiger partial charge in [0.2, 0.25) is 0 Å². The van der Waals surface area contributed by atoms with Crippen molar-refractivity contribution in [1.29, 1.82) is 0 Å². The predicted octanol–water partition coefficient (Wildman–Crippen LogP) is 6.02. The summed E-state index contributed by atoms with van der Waals surface area (Å²) in [6.07, 6.45) is 14.2. The summed E-state index contributed by atoms with van der Waals surface area (Å²) in [7, 11) is 0. The number of carboxylic acid groups (broad SMARTS) is 1. The summed E-state index contributed by atoms with van der Waals surface area (Å²) < 4.78 is 5.89. The maximum atomic E-state index is 12.4. The number of hydroxylamine groups is 2. The van der Waals surface area contributed by atoms with Crippen LogP contribution in [0.25, 0.3) is 0 Å². The second-order valence-corrected chi connectivity index (χ2v) is 10.8. The molecule has 180 valence electrons. The zero-order valence-corrected chi connectivity index (χ0v) is 20.3. The first-order valence-electron chi connectivity index (χ1n) is 12.5. The van der Waals surface area contributed by atoms with E-state index in [0.29, 0.717) is 12.5 Å². The molecule has 1 aliphatic carbocycles. The molecule has 1 saturated heterocycles. The molecule has 0 amide bonds. The van der Waals surface area contributed by atoms with Crippen molar-refractivity contribution in [2.45, 2.75) is 147 Å². The average molecular weight is 440 g/mol.